The minimum Gasteiger partial charge on any atom is -0.477 e. The summed E-state index contributed by atoms with van der Waals surface area (Å²) in [5, 5.41) is 8.82. The zero-order chi connectivity index (χ0) is 16.0. The quantitative estimate of drug-likeness (QED) is 0.347. The van der Waals surface area contributed by atoms with Gasteiger partial charge in [0, 0.05) is 0 Å². The Labute approximate surface area is 132 Å². The number of nitrogens with zero attached hydrogens (tertiary/aromatic N) is 1. The molecule has 0 saturated carbocycles. The van der Waals surface area contributed by atoms with Crippen molar-refractivity contribution in [2.45, 2.75) is 84.0 Å². The molecule has 1 N–H and O–H groups in total. The predicted molar refractivity (Wildman–Crippen MR) is 90.6 cm³/mol. The normalized spacial score (nSPS) is 11.8. The van der Waals surface area contributed by atoms with Crippen LogP contribution in [-0.2, 0) is 4.79 Å². The second-order valence-corrected chi connectivity index (χ2v) is 7.10. The van der Waals surface area contributed by atoms with Crippen molar-refractivity contribution in [2.75, 3.05) is 27.2 Å². The zero-order valence-electron chi connectivity index (χ0n) is 14.7. The number of aliphatic carboxylic acids is 1. The van der Waals surface area contributed by atoms with Crippen molar-refractivity contribution in [1.29, 1.82) is 0 Å². The van der Waals surface area contributed by atoms with Crippen LogP contribution in [0.25, 0.3) is 0 Å². The fourth-order valence-corrected chi connectivity index (χ4v) is 2.83. The van der Waals surface area contributed by atoms with Crippen molar-refractivity contribution in [1.82, 2.24) is 0 Å². The van der Waals surface area contributed by atoms with Gasteiger partial charge in [-0.15, -0.1) is 0 Å². The highest BCUT2D eigenvalue weighted by atomic mass is 16.4. The third kappa shape index (κ3) is 15.6. The van der Waals surface area contributed by atoms with E-state index >= 15 is 0 Å². The van der Waals surface area contributed by atoms with E-state index in [2.05, 4.69) is 6.92 Å². The van der Waals surface area contributed by atoms with Gasteiger partial charge in [0.25, 0.3) is 0 Å². The molecule has 0 fully saturated rings. The molecule has 0 aromatic carbocycles. The standard InChI is InChI=1S/C18H37NO2/c1-4-5-6-7-8-9-10-11-12-13-14-15-16-19(2,3)17-18(20)21/h4-17H2,1-3H3/p+1. The Kier molecular flexibility index (Phi) is 12.8. The minimum absolute atomic E-state index is 0.234. The van der Waals surface area contributed by atoms with E-state index in [1.807, 2.05) is 14.1 Å². The molecule has 0 aromatic rings. The number of carboxylic acid groups (broad SMARTS) is 1. The van der Waals surface area contributed by atoms with Crippen molar-refractivity contribution in [2.24, 2.45) is 0 Å². The summed E-state index contributed by atoms with van der Waals surface area (Å²) in [6.07, 6.45) is 16.2. The van der Waals surface area contributed by atoms with Crippen molar-refractivity contribution in [3.05, 3.63) is 0 Å². The lowest BCUT2D eigenvalue weighted by molar-refractivity contribution is -0.883. The summed E-state index contributed by atoms with van der Waals surface area (Å²) in [6.45, 7) is 3.48. The number of hydrogen-bond acceptors (Lipinski definition) is 1. The van der Waals surface area contributed by atoms with Gasteiger partial charge in [-0.3, -0.25) is 0 Å². The van der Waals surface area contributed by atoms with Crippen molar-refractivity contribution in [3.8, 4) is 0 Å². The third-order valence-electron chi connectivity index (χ3n) is 4.18. The predicted octanol–water partition coefficient (Wildman–Crippen LogP) is 4.85. The smallest absolute Gasteiger partial charge is 0.359 e. The largest absolute Gasteiger partial charge is 0.477 e. The van der Waals surface area contributed by atoms with Gasteiger partial charge in [-0.1, -0.05) is 71.1 Å². The maximum absolute atomic E-state index is 10.7. The summed E-state index contributed by atoms with van der Waals surface area (Å²) in [5.74, 6) is -0.695. The van der Waals surface area contributed by atoms with Crippen LogP contribution in [0.1, 0.15) is 84.0 Å². The van der Waals surface area contributed by atoms with E-state index in [-0.39, 0.29) is 6.54 Å². The van der Waals surface area contributed by atoms with Crippen LogP contribution in [0, 0.1) is 0 Å². The van der Waals surface area contributed by atoms with E-state index in [4.69, 9.17) is 5.11 Å². The number of likely N-dealkylation sites (N-methyl/N-ethyl adjacent to an activating group) is 1. The Bertz CT molecular complexity index is 252. The minimum atomic E-state index is -0.695. The molecule has 0 aliphatic rings. The highest BCUT2D eigenvalue weighted by Gasteiger charge is 2.18. The molecule has 0 atom stereocenters. The van der Waals surface area contributed by atoms with Crippen LogP contribution in [-0.4, -0.2) is 42.7 Å². The average molecular weight is 301 g/mol. The summed E-state index contributed by atoms with van der Waals surface area (Å²) >= 11 is 0. The van der Waals surface area contributed by atoms with Crippen LogP contribution < -0.4 is 0 Å². The SMILES string of the molecule is CCCCCCCCCCCCCC[N+](C)(C)CC(=O)O. The van der Waals surface area contributed by atoms with Gasteiger partial charge in [-0.05, 0) is 12.8 Å². The molecule has 0 bridgehead atoms. The maximum Gasteiger partial charge on any atom is 0.359 e. The first-order chi connectivity index (χ1) is 9.98. The molecule has 0 radical (unpaired) electrons. The van der Waals surface area contributed by atoms with Gasteiger partial charge in [0.1, 0.15) is 0 Å². The van der Waals surface area contributed by atoms with Crippen LogP contribution in [0.2, 0.25) is 0 Å². The Morgan fingerprint density at radius 2 is 1.14 bits per heavy atom. The second-order valence-electron chi connectivity index (χ2n) is 7.10. The van der Waals surface area contributed by atoms with Gasteiger partial charge in [-0.25, -0.2) is 4.79 Å². The molecule has 126 valence electrons. The molecule has 0 aliphatic heterocycles. The maximum atomic E-state index is 10.7. The summed E-state index contributed by atoms with van der Waals surface area (Å²) < 4.78 is 0.604. The Balaban J connectivity index is 3.24. The van der Waals surface area contributed by atoms with E-state index in [0.717, 1.165) is 13.0 Å². The van der Waals surface area contributed by atoms with Crippen LogP contribution >= 0.6 is 0 Å². The Morgan fingerprint density at radius 1 is 0.762 bits per heavy atom. The molecule has 0 unspecified atom stereocenters. The molecule has 0 rings (SSSR count). The first-order valence-electron chi connectivity index (χ1n) is 9.02. The fraction of sp³-hybridized carbons (Fsp3) is 0.944. The van der Waals surface area contributed by atoms with Gasteiger partial charge in [0.05, 0.1) is 20.6 Å². The lowest BCUT2D eigenvalue weighted by Gasteiger charge is -2.27. The lowest BCUT2D eigenvalue weighted by Crippen LogP contribution is -2.44. The van der Waals surface area contributed by atoms with E-state index in [0.29, 0.717) is 4.48 Å². The van der Waals surface area contributed by atoms with E-state index < -0.39 is 5.97 Å². The van der Waals surface area contributed by atoms with Gasteiger partial charge >= 0.3 is 5.97 Å². The molecule has 0 spiro atoms. The number of quaternary nitrogens is 1. The topological polar surface area (TPSA) is 37.3 Å². The number of carbonyl (C=O) groups is 1. The molecule has 21 heavy (non-hydrogen) atoms. The average Bonchev–Trinajstić information content (AvgIpc) is 2.38. The molecule has 0 amide bonds. The van der Waals surface area contributed by atoms with E-state index in [1.165, 1.54) is 70.6 Å². The first-order valence-corrected chi connectivity index (χ1v) is 9.02. The lowest BCUT2D eigenvalue weighted by atomic mass is 10.1. The second kappa shape index (κ2) is 13.1. The summed E-state index contributed by atoms with van der Waals surface area (Å²) in [5.41, 5.74) is 0. The molecule has 0 aliphatic carbocycles. The van der Waals surface area contributed by atoms with E-state index in [1.54, 1.807) is 0 Å². The highest BCUT2D eigenvalue weighted by Crippen LogP contribution is 2.12. The molecule has 3 heteroatoms. The molecule has 3 nitrogen and oxygen atoms in total. The van der Waals surface area contributed by atoms with Crippen LogP contribution in [0.15, 0.2) is 0 Å². The van der Waals surface area contributed by atoms with Gasteiger partial charge < -0.3 is 9.59 Å². The van der Waals surface area contributed by atoms with Crippen LogP contribution in [0.3, 0.4) is 0 Å². The molecular weight excluding hydrogens is 262 g/mol. The summed E-state index contributed by atoms with van der Waals surface area (Å²) in [7, 11) is 4.01. The molecule has 0 aromatic heterocycles. The van der Waals surface area contributed by atoms with Crippen LogP contribution in [0.4, 0.5) is 0 Å². The highest BCUT2D eigenvalue weighted by molar-refractivity contribution is 5.67. The van der Waals surface area contributed by atoms with Crippen molar-refractivity contribution in [3.63, 3.8) is 0 Å². The van der Waals surface area contributed by atoms with Crippen molar-refractivity contribution >= 4 is 5.97 Å². The first kappa shape index (κ1) is 20.4. The van der Waals surface area contributed by atoms with E-state index in [9.17, 15) is 4.79 Å². The number of carboxylic acids is 1. The summed E-state index contributed by atoms with van der Waals surface area (Å²) in [6, 6.07) is 0. The monoisotopic (exact) mass is 300 g/mol. The van der Waals surface area contributed by atoms with Crippen molar-refractivity contribution < 1.29 is 14.4 Å². The van der Waals surface area contributed by atoms with Gasteiger partial charge in [-0.2, -0.15) is 0 Å². The summed E-state index contributed by atoms with van der Waals surface area (Å²) in [4.78, 5) is 10.7. The zero-order valence-corrected chi connectivity index (χ0v) is 14.7. The Morgan fingerprint density at radius 3 is 1.52 bits per heavy atom. The molecular formula is C18H38NO2+. The number of unbranched alkanes of at least 4 members (excludes halogenated alkanes) is 11. The number of rotatable bonds is 15. The molecule has 0 saturated heterocycles. The number of hydrogen-bond donors (Lipinski definition) is 1. The van der Waals surface area contributed by atoms with Crippen LogP contribution in [0.5, 0.6) is 0 Å². The third-order valence-corrected chi connectivity index (χ3v) is 4.18. The van der Waals surface area contributed by atoms with Gasteiger partial charge in [0.15, 0.2) is 6.54 Å². The Hall–Kier alpha value is -0.570. The van der Waals surface area contributed by atoms with Gasteiger partial charge in [0.2, 0.25) is 0 Å². The molecule has 0 heterocycles. The fourth-order valence-electron chi connectivity index (χ4n) is 2.83.